The number of carbonyl (C=O) groups is 2. The molecule has 0 heterocycles. The van der Waals surface area contributed by atoms with Gasteiger partial charge in [0.15, 0.2) is 6.61 Å². The van der Waals surface area contributed by atoms with E-state index in [2.05, 4.69) is 20.8 Å². The highest BCUT2D eigenvalue weighted by molar-refractivity contribution is 5.80. The largest absolute Gasteiger partial charge is 0.479 e. The molecule has 112 valence electrons. The highest BCUT2D eigenvalue weighted by Gasteiger charge is 2.49. The van der Waals surface area contributed by atoms with Crippen LogP contribution in [0.1, 0.15) is 61.3 Å². The van der Waals surface area contributed by atoms with Crippen molar-refractivity contribution in [2.45, 2.75) is 61.3 Å². The number of hydrogen-bond donors (Lipinski definition) is 1. The fraction of sp³-hybridized carbons (Fsp3) is 0.867. The number of rotatable bonds is 6. The highest BCUT2D eigenvalue weighted by Crippen LogP contribution is 2.49. The molecule has 1 N–H and O–H groups in total. The lowest BCUT2D eigenvalue weighted by molar-refractivity contribution is -0.171. The van der Waals surface area contributed by atoms with Gasteiger partial charge in [0.25, 0.3) is 0 Å². The molecule has 4 nitrogen and oxygen atoms in total. The van der Waals surface area contributed by atoms with Crippen molar-refractivity contribution < 1.29 is 19.4 Å². The van der Waals surface area contributed by atoms with E-state index in [1.807, 2.05) is 27.7 Å². The normalized spacial score (nSPS) is 15.7. The molecule has 0 aromatic heterocycles. The summed E-state index contributed by atoms with van der Waals surface area (Å²) in [7, 11) is 0. The van der Waals surface area contributed by atoms with E-state index in [4.69, 9.17) is 9.84 Å². The van der Waals surface area contributed by atoms with Gasteiger partial charge in [-0.1, -0.05) is 41.5 Å². The maximum Gasteiger partial charge on any atom is 0.341 e. The Kier molecular flexibility index (Phi) is 5.60. The molecular weight excluding hydrogens is 244 g/mol. The maximum atomic E-state index is 12.4. The first kappa shape index (κ1) is 17.9. The second-order valence-electron chi connectivity index (χ2n) is 7.28. The van der Waals surface area contributed by atoms with Crippen LogP contribution < -0.4 is 0 Å². The molecule has 0 aliphatic rings. The molecule has 0 spiro atoms. The fourth-order valence-corrected chi connectivity index (χ4v) is 2.33. The van der Waals surface area contributed by atoms with Gasteiger partial charge in [-0.15, -0.1) is 0 Å². The fourth-order valence-electron chi connectivity index (χ4n) is 2.33. The monoisotopic (exact) mass is 272 g/mol. The first-order valence-electron chi connectivity index (χ1n) is 6.75. The van der Waals surface area contributed by atoms with Gasteiger partial charge >= 0.3 is 11.9 Å². The van der Waals surface area contributed by atoms with Crippen molar-refractivity contribution in [3.63, 3.8) is 0 Å². The summed E-state index contributed by atoms with van der Waals surface area (Å²) in [5.74, 6) is -1.54. The number of esters is 1. The van der Waals surface area contributed by atoms with Gasteiger partial charge in [-0.2, -0.15) is 0 Å². The third-order valence-corrected chi connectivity index (χ3v) is 4.04. The molecule has 0 fully saturated rings. The smallest absolute Gasteiger partial charge is 0.341 e. The van der Waals surface area contributed by atoms with Crippen molar-refractivity contribution in [1.82, 2.24) is 0 Å². The Balaban J connectivity index is 5.28. The van der Waals surface area contributed by atoms with E-state index in [-0.39, 0.29) is 10.8 Å². The summed E-state index contributed by atoms with van der Waals surface area (Å²) in [6.07, 6.45) is 1.47. The SMILES string of the molecule is CCC(C)(C)C(C)(CC(C)(C)C)C(=O)OCC(=O)O. The summed E-state index contributed by atoms with van der Waals surface area (Å²) in [6, 6.07) is 0. The summed E-state index contributed by atoms with van der Waals surface area (Å²) in [4.78, 5) is 22.9. The summed E-state index contributed by atoms with van der Waals surface area (Å²) in [5, 5.41) is 8.64. The molecule has 0 aromatic carbocycles. The van der Waals surface area contributed by atoms with E-state index in [1.54, 1.807) is 0 Å². The van der Waals surface area contributed by atoms with Crippen LogP contribution in [0.5, 0.6) is 0 Å². The van der Waals surface area contributed by atoms with Gasteiger partial charge in [-0.25, -0.2) is 4.79 Å². The first-order valence-corrected chi connectivity index (χ1v) is 6.75. The highest BCUT2D eigenvalue weighted by atomic mass is 16.6. The topological polar surface area (TPSA) is 63.6 Å². The van der Waals surface area contributed by atoms with E-state index >= 15 is 0 Å². The molecule has 0 aromatic rings. The Bertz CT molecular complexity index is 339. The van der Waals surface area contributed by atoms with Crippen LogP contribution in [0.25, 0.3) is 0 Å². The van der Waals surface area contributed by atoms with E-state index in [1.165, 1.54) is 0 Å². The Labute approximate surface area is 116 Å². The van der Waals surface area contributed by atoms with Crippen LogP contribution in [0.4, 0.5) is 0 Å². The van der Waals surface area contributed by atoms with E-state index in [9.17, 15) is 9.59 Å². The van der Waals surface area contributed by atoms with Crippen molar-refractivity contribution in [2.75, 3.05) is 6.61 Å². The zero-order valence-electron chi connectivity index (χ0n) is 13.3. The van der Waals surface area contributed by atoms with Crippen LogP contribution in [-0.4, -0.2) is 23.7 Å². The van der Waals surface area contributed by atoms with Crippen LogP contribution in [0.2, 0.25) is 0 Å². The predicted octanol–water partition coefficient (Wildman–Crippen LogP) is 3.49. The number of carboxylic acid groups (broad SMARTS) is 1. The average molecular weight is 272 g/mol. The van der Waals surface area contributed by atoms with Crippen LogP contribution >= 0.6 is 0 Å². The number of carbonyl (C=O) groups excluding carboxylic acids is 1. The van der Waals surface area contributed by atoms with Crippen LogP contribution in [-0.2, 0) is 14.3 Å². The van der Waals surface area contributed by atoms with Crippen molar-refractivity contribution in [3.05, 3.63) is 0 Å². The third kappa shape index (κ3) is 4.84. The molecule has 0 bridgehead atoms. The molecule has 0 aliphatic heterocycles. The molecule has 0 rings (SSSR count). The summed E-state index contributed by atoms with van der Waals surface area (Å²) in [6.45, 7) is 13.6. The lowest BCUT2D eigenvalue weighted by Crippen LogP contribution is -2.46. The van der Waals surface area contributed by atoms with E-state index in [0.717, 1.165) is 6.42 Å². The molecular formula is C15H28O4. The third-order valence-electron chi connectivity index (χ3n) is 4.04. The lowest BCUT2D eigenvalue weighted by Gasteiger charge is -2.45. The molecule has 19 heavy (non-hydrogen) atoms. The lowest BCUT2D eigenvalue weighted by atomic mass is 9.59. The van der Waals surface area contributed by atoms with Crippen molar-refractivity contribution in [3.8, 4) is 0 Å². The quantitative estimate of drug-likeness (QED) is 0.752. The summed E-state index contributed by atoms with van der Waals surface area (Å²) < 4.78 is 4.96. The molecule has 0 saturated carbocycles. The number of hydrogen-bond acceptors (Lipinski definition) is 3. The van der Waals surface area contributed by atoms with Gasteiger partial charge in [-0.05, 0) is 30.6 Å². The molecule has 0 saturated heterocycles. The first-order chi connectivity index (χ1) is 8.35. The van der Waals surface area contributed by atoms with E-state index in [0.29, 0.717) is 6.42 Å². The molecule has 0 aliphatic carbocycles. The molecule has 0 amide bonds. The van der Waals surface area contributed by atoms with Crippen LogP contribution in [0, 0.1) is 16.2 Å². The maximum absolute atomic E-state index is 12.4. The van der Waals surface area contributed by atoms with Gasteiger partial charge in [0, 0.05) is 0 Å². The van der Waals surface area contributed by atoms with Gasteiger partial charge < -0.3 is 9.84 Å². The van der Waals surface area contributed by atoms with Crippen LogP contribution in [0.3, 0.4) is 0 Å². The number of aliphatic carboxylic acids is 1. The Morgan fingerprint density at radius 1 is 1.05 bits per heavy atom. The zero-order chi connectivity index (χ0) is 15.5. The Morgan fingerprint density at radius 2 is 1.53 bits per heavy atom. The van der Waals surface area contributed by atoms with Gasteiger partial charge in [0.2, 0.25) is 0 Å². The molecule has 4 heteroatoms. The molecule has 0 radical (unpaired) electrons. The van der Waals surface area contributed by atoms with Crippen molar-refractivity contribution >= 4 is 11.9 Å². The minimum Gasteiger partial charge on any atom is -0.479 e. The number of ether oxygens (including phenoxy) is 1. The Hall–Kier alpha value is -1.06. The van der Waals surface area contributed by atoms with Crippen molar-refractivity contribution in [1.29, 1.82) is 0 Å². The van der Waals surface area contributed by atoms with Crippen LogP contribution in [0.15, 0.2) is 0 Å². The summed E-state index contributed by atoms with van der Waals surface area (Å²) >= 11 is 0. The average Bonchev–Trinajstić information content (AvgIpc) is 2.22. The van der Waals surface area contributed by atoms with Gasteiger partial charge in [0.05, 0.1) is 5.41 Å². The van der Waals surface area contributed by atoms with E-state index < -0.39 is 24.0 Å². The second kappa shape index (κ2) is 5.93. The molecule has 1 unspecified atom stereocenters. The number of carboxylic acids is 1. The molecule has 1 atom stereocenters. The zero-order valence-corrected chi connectivity index (χ0v) is 13.3. The standard InChI is InChI=1S/C15H28O4/c1-8-14(5,6)15(7,10-13(2,3)4)12(18)19-9-11(16)17/h8-10H2,1-7H3,(H,16,17). The Morgan fingerprint density at radius 3 is 1.84 bits per heavy atom. The second-order valence-corrected chi connectivity index (χ2v) is 7.28. The summed E-state index contributed by atoms with van der Waals surface area (Å²) in [5.41, 5.74) is -0.991. The van der Waals surface area contributed by atoms with Gasteiger partial charge in [-0.3, -0.25) is 4.79 Å². The minimum absolute atomic E-state index is 0.0383. The predicted molar refractivity (Wildman–Crippen MR) is 74.8 cm³/mol. The minimum atomic E-state index is -1.12. The van der Waals surface area contributed by atoms with Gasteiger partial charge in [0.1, 0.15) is 0 Å². The van der Waals surface area contributed by atoms with Crippen molar-refractivity contribution in [2.24, 2.45) is 16.2 Å².